The molecule has 2 rings (SSSR count). The summed E-state index contributed by atoms with van der Waals surface area (Å²) in [5.74, 6) is 0.802. The van der Waals surface area contributed by atoms with E-state index in [9.17, 15) is 4.79 Å². The van der Waals surface area contributed by atoms with Crippen LogP contribution in [0.25, 0.3) is 0 Å². The molecule has 0 spiro atoms. The predicted molar refractivity (Wildman–Crippen MR) is 103 cm³/mol. The molecule has 0 aliphatic carbocycles. The van der Waals surface area contributed by atoms with Crippen molar-refractivity contribution in [3.8, 4) is 6.07 Å². The summed E-state index contributed by atoms with van der Waals surface area (Å²) < 4.78 is 0. The van der Waals surface area contributed by atoms with Crippen molar-refractivity contribution in [3.05, 3.63) is 59.2 Å². The molecule has 0 bridgehead atoms. The maximum atomic E-state index is 12.0. The van der Waals surface area contributed by atoms with E-state index in [1.54, 1.807) is 35.1 Å². The van der Waals surface area contributed by atoms with Gasteiger partial charge in [0.2, 0.25) is 5.91 Å². The van der Waals surface area contributed by atoms with Gasteiger partial charge in [0.05, 0.1) is 17.4 Å². The maximum Gasteiger partial charge on any atom is 0.235 e. The van der Waals surface area contributed by atoms with Gasteiger partial charge in [0.25, 0.3) is 0 Å². The summed E-state index contributed by atoms with van der Waals surface area (Å²) in [7, 11) is 3.11. The van der Waals surface area contributed by atoms with Gasteiger partial charge in [-0.05, 0) is 54.3 Å². The molecule has 0 unspecified atom stereocenters. The Kier molecular flexibility index (Phi) is 6.77. The number of hydrogen-bond acceptors (Lipinski definition) is 4. The zero-order valence-electron chi connectivity index (χ0n) is 14.0. The van der Waals surface area contributed by atoms with E-state index >= 15 is 0 Å². The standard InChI is InChI=1S/C19H20N2OS2/c1-13(2)18-8-7-17(9-14(18)3)24-23-12-19(22)21-16-6-4-5-15(10-16)11-20/h4-10,13H,12H2,1-3H3,(H,21,22). The van der Waals surface area contributed by atoms with Gasteiger partial charge >= 0.3 is 0 Å². The van der Waals surface area contributed by atoms with Gasteiger partial charge < -0.3 is 5.32 Å². The van der Waals surface area contributed by atoms with Crippen molar-refractivity contribution >= 4 is 33.2 Å². The van der Waals surface area contributed by atoms with Crippen LogP contribution >= 0.6 is 21.6 Å². The van der Waals surface area contributed by atoms with Crippen LogP contribution < -0.4 is 5.32 Å². The Morgan fingerprint density at radius 3 is 2.71 bits per heavy atom. The summed E-state index contributed by atoms with van der Waals surface area (Å²) in [6.45, 7) is 6.50. The fraction of sp³-hybridized carbons (Fsp3) is 0.263. The fourth-order valence-electron chi connectivity index (χ4n) is 2.36. The lowest BCUT2D eigenvalue weighted by atomic mass is 9.98. The van der Waals surface area contributed by atoms with Crippen molar-refractivity contribution in [2.45, 2.75) is 31.6 Å². The Morgan fingerprint density at radius 2 is 2.04 bits per heavy atom. The predicted octanol–water partition coefficient (Wildman–Crippen LogP) is 5.37. The molecule has 0 saturated heterocycles. The van der Waals surface area contributed by atoms with Gasteiger partial charge in [0.15, 0.2) is 0 Å². The van der Waals surface area contributed by atoms with Gasteiger partial charge in [-0.1, -0.05) is 47.6 Å². The van der Waals surface area contributed by atoms with Crippen LogP contribution in [0.15, 0.2) is 47.4 Å². The third-order valence-electron chi connectivity index (χ3n) is 3.48. The number of carbonyl (C=O) groups excluding carboxylic acids is 1. The fourth-order valence-corrected chi connectivity index (χ4v) is 4.30. The molecular formula is C19H20N2OS2. The van der Waals surface area contributed by atoms with Gasteiger partial charge in [-0.2, -0.15) is 5.26 Å². The number of rotatable bonds is 6. The Bertz CT molecular complexity index is 766. The summed E-state index contributed by atoms with van der Waals surface area (Å²) in [6, 6.07) is 15.4. The zero-order valence-corrected chi connectivity index (χ0v) is 15.6. The number of amides is 1. The van der Waals surface area contributed by atoms with E-state index in [1.807, 2.05) is 0 Å². The number of nitrogens with one attached hydrogen (secondary N) is 1. The minimum absolute atomic E-state index is 0.0712. The van der Waals surface area contributed by atoms with Crippen LogP contribution in [0.2, 0.25) is 0 Å². The van der Waals surface area contributed by atoms with Crippen LogP contribution in [-0.2, 0) is 4.79 Å². The average Bonchev–Trinajstić information content (AvgIpc) is 2.54. The summed E-state index contributed by atoms with van der Waals surface area (Å²) in [4.78, 5) is 13.1. The van der Waals surface area contributed by atoms with Gasteiger partial charge in [0, 0.05) is 10.6 Å². The van der Waals surface area contributed by atoms with Crippen molar-refractivity contribution in [1.29, 1.82) is 5.26 Å². The van der Waals surface area contributed by atoms with E-state index in [-0.39, 0.29) is 5.91 Å². The number of anilines is 1. The number of nitrogens with zero attached hydrogens (tertiary/aromatic N) is 1. The molecule has 5 heteroatoms. The largest absolute Gasteiger partial charge is 0.325 e. The molecule has 0 radical (unpaired) electrons. The molecule has 2 aromatic rings. The molecule has 0 aromatic heterocycles. The Balaban J connectivity index is 1.84. The minimum Gasteiger partial charge on any atom is -0.325 e. The second-order valence-electron chi connectivity index (χ2n) is 5.76. The first kappa shape index (κ1) is 18.4. The molecule has 24 heavy (non-hydrogen) atoms. The molecule has 0 aliphatic heterocycles. The quantitative estimate of drug-likeness (QED) is 0.707. The SMILES string of the molecule is Cc1cc(SSCC(=O)Nc2cccc(C#N)c2)ccc1C(C)C. The van der Waals surface area contributed by atoms with Crippen LogP contribution in [0.5, 0.6) is 0 Å². The second kappa shape index (κ2) is 8.81. The molecule has 1 N–H and O–H groups in total. The highest BCUT2D eigenvalue weighted by molar-refractivity contribution is 8.76. The van der Waals surface area contributed by atoms with Crippen LogP contribution in [0.3, 0.4) is 0 Å². The first-order valence-electron chi connectivity index (χ1n) is 7.69. The summed E-state index contributed by atoms with van der Waals surface area (Å²) in [5, 5.41) is 11.7. The van der Waals surface area contributed by atoms with Gasteiger partial charge in [-0.3, -0.25) is 4.79 Å². The summed E-state index contributed by atoms with van der Waals surface area (Å²) >= 11 is 0. The zero-order chi connectivity index (χ0) is 17.5. The maximum absolute atomic E-state index is 12.0. The number of carbonyl (C=O) groups is 1. The van der Waals surface area contributed by atoms with E-state index < -0.39 is 0 Å². The van der Waals surface area contributed by atoms with E-state index in [1.165, 1.54) is 21.9 Å². The van der Waals surface area contributed by atoms with Gasteiger partial charge in [0.1, 0.15) is 0 Å². The average molecular weight is 357 g/mol. The normalized spacial score (nSPS) is 10.5. The minimum atomic E-state index is -0.0712. The Morgan fingerprint density at radius 1 is 1.25 bits per heavy atom. The molecule has 124 valence electrons. The van der Waals surface area contributed by atoms with E-state index in [2.05, 4.69) is 50.4 Å². The van der Waals surface area contributed by atoms with Crippen LogP contribution in [0.4, 0.5) is 5.69 Å². The number of nitriles is 1. The van der Waals surface area contributed by atoms with Crippen molar-refractivity contribution in [2.75, 3.05) is 11.1 Å². The Hall–Kier alpha value is -1.90. The highest BCUT2D eigenvalue weighted by Crippen LogP contribution is 2.33. The molecule has 2 aromatic carbocycles. The topological polar surface area (TPSA) is 52.9 Å². The first-order valence-corrected chi connectivity index (χ1v) is 10.0. The van der Waals surface area contributed by atoms with Crippen molar-refractivity contribution in [3.63, 3.8) is 0 Å². The van der Waals surface area contributed by atoms with Crippen LogP contribution in [-0.4, -0.2) is 11.7 Å². The third kappa shape index (κ3) is 5.33. The molecule has 0 heterocycles. The van der Waals surface area contributed by atoms with Gasteiger partial charge in [-0.25, -0.2) is 0 Å². The van der Waals surface area contributed by atoms with Crippen LogP contribution in [0.1, 0.15) is 36.5 Å². The lowest BCUT2D eigenvalue weighted by Gasteiger charge is -2.11. The first-order chi connectivity index (χ1) is 11.5. The molecular weight excluding hydrogens is 336 g/mol. The smallest absolute Gasteiger partial charge is 0.235 e. The molecule has 0 saturated carbocycles. The second-order valence-corrected chi connectivity index (χ2v) is 8.13. The van der Waals surface area contributed by atoms with Gasteiger partial charge in [-0.15, -0.1) is 0 Å². The van der Waals surface area contributed by atoms with Crippen molar-refractivity contribution < 1.29 is 4.79 Å². The summed E-state index contributed by atoms with van der Waals surface area (Å²) in [6.07, 6.45) is 0. The number of benzene rings is 2. The number of hydrogen-bond donors (Lipinski definition) is 1. The highest BCUT2D eigenvalue weighted by Gasteiger charge is 2.07. The van der Waals surface area contributed by atoms with E-state index in [0.717, 1.165) is 4.90 Å². The molecule has 0 atom stereocenters. The van der Waals surface area contributed by atoms with E-state index in [4.69, 9.17) is 5.26 Å². The molecule has 0 aliphatic rings. The summed E-state index contributed by atoms with van der Waals surface area (Å²) in [5.41, 5.74) is 3.84. The molecule has 1 amide bonds. The molecule has 3 nitrogen and oxygen atoms in total. The highest BCUT2D eigenvalue weighted by atomic mass is 33.1. The third-order valence-corrected chi connectivity index (χ3v) is 5.71. The monoisotopic (exact) mass is 356 g/mol. The van der Waals surface area contributed by atoms with Crippen LogP contribution in [0, 0.1) is 18.3 Å². The molecule has 0 fully saturated rings. The van der Waals surface area contributed by atoms with E-state index in [0.29, 0.717) is 22.9 Å². The van der Waals surface area contributed by atoms with Crippen molar-refractivity contribution in [1.82, 2.24) is 0 Å². The van der Waals surface area contributed by atoms with Crippen molar-refractivity contribution in [2.24, 2.45) is 0 Å². The lowest BCUT2D eigenvalue weighted by Crippen LogP contribution is -2.13. The lowest BCUT2D eigenvalue weighted by molar-refractivity contribution is -0.113. The Labute approximate surface area is 151 Å². The number of aryl methyl sites for hydroxylation is 1.